The molecular weight excluding hydrogens is 378 g/mol. The van der Waals surface area contributed by atoms with Crippen molar-refractivity contribution in [2.24, 2.45) is 5.92 Å². The first-order chi connectivity index (χ1) is 13.8. The van der Waals surface area contributed by atoms with Gasteiger partial charge in [-0.1, -0.05) is 13.8 Å². The maximum Gasteiger partial charge on any atom is 0.306 e. The number of carbonyl (C=O) groups excluding carboxylic acids is 2. The first kappa shape index (κ1) is 20.8. The number of fused-ring (bicyclic) bond motifs is 1. The van der Waals surface area contributed by atoms with E-state index in [4.69, 9.17) is 9.47 Å². The lowest BCUT2D eigenvalue weighted by Gasteiger charge is -2.23. The summed E-state index contributed by atoms with van der Waals surface area (Å²) >= 11 is 0. The number of hydrogen-bond acceptors (Lipinski definition) is 6. The summed E-state index contributed by atoms with van der Waals surface area (Å²) in [6.45, 7) is 3.98. The van der Waals surface area contributed by atoms with E-state index in [1.165, 1.54) is 19.2 Å². The lowest BCUT2D eigenvalue weighted by molar-refractivity contribution is -0.384. The van der Waals surface area contributed by atoms with Crippen molar-refractivity contribution in [3.05, 3.63) is 40.6 Å². The van der Waals surface area contributed by atoms with Crippen molar-refractivity contribution >= 4 is 28.5 Å². The van der Waals surface area contributed by atoms with E-state index >= 15 is 0 Å². The fraction of sp³-hybridized carbons (Fsp3) is 0.500. The van der Waals surface area contributed by atoms with Gasteiger partial charge in [0.05, 0.1) is 23.0 Å². The second-order valence-corrected chi connectivity index (χ2v) is 7.18. The molecule has 1 aliphatic rings. The van der Waals surface area contributed by atoms with Crippen molar-refractivity contribution in [3.8, 4) is 0 Å². The Morgan fingerprint density at radius 2 is 2.07 bits per heavy atom. The van der Waals surface area contributed by atoms with Crippen LogP contribution in [0.3, 0.4) is 0 Å². The van der Waals surface area contributed by atoms with Gasteiger partial charge in [-0.15, -0.1) is 0 Å². The molecule has 0 radical (unpaired) electrons. The van der Waals surface area contributed by atoms with Crippen molar-refractivity contribution in [3.63, 3.8) is 0 Å². The maximum absolute atomic E-state index is 12.3. The molecule has 2 heterocycles. The third kappa shape index (κ3) is 4.24. The standard InChI is InChI=1S/C20H25N3O6/c1-4-16-12(2)19(29-18(25)8-7-17(24)21-3)20(28-16)22-10-9-13-11-14(23(26)27)5-6-15(13)22/h5-6,9-12,16,19-20H,4,7-8H2,1-3H3,(H,21,24)/t12?,16-,19+,20-/m1/s1. The summed E-state index contributed by atoms with van der Waals surface area (Å²) in [5.74, 6) is -0.717. The van der Waals surface area contributed by atoms with Crippen molar-refractivity contribution in [2.75, 3.05) is 7.05 Å². The fourth-order valence-corrected chi connectivity index (χ4v) is 3.75. The number of rotatable bonds is 7. The second kappa shape index (κ2) is 8.60. The number of amides is 1. The molecule has 1 aromatic carbocycles. The summed E-state index contributed by atoms with van der Waals surface area (Å²) in [6.07, 6.45) is 1.44. The largest absolute Gasteiger partial charge is 0.457 e. The van der Waals surface area contributed by atoms with E-state index in [-0.39, 0.29) is 36.5 Å². The van der Waals surface area contributed by atoms with E-state index in [1.807, 2.05) is 18.4 Å². The molecular formula is C20H25N3O6. The smallest absolute Gasteiger partial charge is 0.306 e. The van der Waals surface area contributed by atoms with Crippen LogP contribution in [0.5, 0.6) is 0 Å². The van der Waals surface area contributed by atoms with Gasteiger partial charge in [0.25, 0.3) is 5.69 Å². The van der Waals surface area contributed by atoms with Gasteiger partial charge in [-0.3, -0.25) is 19.7 Å². The molecule has 1 unspecified atom stereocenters. The van der Waals surface area contributed by atoms with Crippen LogP contribution in [0.15, 0.2) is 30.5 Å². The molecule has 1 aromatic heterocycles. The molecule has 1 aliphatic heterocycles. The number of nitro groups is 1. The molecule has 0 aliphatic carbocycles. The minimum absolute atomic E-state index is 0.00890. The fourth-order valence-electron chi connectivity index (χ4n) is 3.75. The summed E-state index contributed by atoms with van der Waals surface area (Å²) in [4.78, 5) is 34.3. The second-order valence-electron chi connectivity index (χ2n) is 7.18. The molecule has 156 valence electrons. The van der Waals surface area contributed by atoms with Gasteiger partial charge in [0.2, 0.25) is 5.91 Å². The molecule has 0 saturated carbocycles. The Morgan fingerprint density at radius 3 is 2.72 bits per heavy atom. The highest BCUT2D eigenvalue weighted by Crippen LogP contribution is 2.39. The van der Waals surface area contributed by atoms with Crippen LogP contribution in [0.2, 0.25) is 0 Å². The van der Waals surface area contributed by atoms with Gasteiger partial charge >= 0.3 is 5.97 Å². The summed E-state index contributed by atoms with van der Waals surface area (Å²) in [7, 11) is 1.52. The molecule has 2 aromatic rings. The Labute approximate surface area is 168 Å². The molecule has 1 amide bonds. The molecule has 29 heavy (non-hydrogen) atoms. The quantitative estimate of drug-likeness (QED) is 0.432. The number of hydrogen-bond donors (Lipinski definition) is 1. The average molecular weight is 403 g/mol. The summed E-state index contributed by atoms with van der Waals surface area (Å²) in [6, 6.07) is 6.40. The normalized spacial score (nSPS) is 23.8. The predicted octanol–water partition coefficient (Wildman–Crippen LogP) is 2.93. The predicted molar refractivity (Wildman–Crippen MR) is 105 cm³/mol. The first-order valence-electron chi connectivity index (χ1n) is 9.66. The Morgan fingerprint density at radius 1 is 1.31 bits per heavy atom. The number of nitro benzene ring substituents is 1. The number of nitrogens with one attached hydrogen (secondary N) is 1. The zero-order chi connectivity index (χ0) is 21.1. The van der Waals surface area contributed by atoms with E-state index in [2.05, 4.69) is 5.32 Å². The van der Waals surface area contributed by atoms with Gasteiger partial charge < -0.3 is 19.4 Å². The van der Waals surface area contributed by atoms with Gasteiger partial charge in [-0.2, -0.15) is 0 Å². The Balaban J connectivity index is 1.85. The Bertz CT molecular complexity index is 924. The van der Waals surface area contributed by atoms with Crippen LogP contribution in [-0.4, -0.2) is 40.6 Å². The average Bonchev–Trinajstić information content (AvgIpc) is 3.26. The molecule has 1 fully saturated rings. The van der Waals surface area contributed by atoms with Crippen LogP contribution in [0, 0.1) is 16.0 Å². The van der Waals surface area contributed by atoms with E-state index in [1.54, 1.807) is 18.3 Å². The van der Waals surface area contributed by atoms with Crippen LogP contribution in [0.25, 0.3) is 10.9 Å². The van der Waals surface area contributed by atoms with Gasteiger partial charge in [-0.05, 0) is 18.6 Å². The molecule has 4 atom stereocenters. The van der Waals surface area contributed by atoms with E-state index < -0.39 is 23.2 Å². The zero-order valence-electron chi connectivity index (χ0n) is 16.7. The lowest BCUT2D eigenvalue weighted by Crippen LogP contribution is -2.30. The third-order valence-electron chi connectivity index (χ3n) is 5.39. The summed E-state index contributed by atoms with van der Waals surface area (Å²) < 4.78 is 13.8. The van der Waals surface area contributed by atoms with Gasteiger partial charge in [0.1, 0.15) is 0 Å². The number of ether oxygens (including phenoxy) is 2. The molecule has 9 heteroatoms. The highest BCUT2D eigenvalue weighted by Gasteiger charge is 2.44. The molecule has 3 rings (SSSR count). The molecule has 9 nitrogen and oxygen atoms in total. The number of nitrogens with zero attached hydrogens (tertiary/aromatic N) is 2. The maximum atomic E-state index is 12.3. The Kier molecular flexibility index (Phi) is 6.17. The first-order valence-corrected chi connectivity index (χ1v) is 9.66. The number of carbonyl (C=O) groups is 2. The van der Waals surface area contributed by atoms with Gasteiger partial charge in [0, 0.05) is 43.1 Å². The van der Waals surface area contributed by atoms with Crippen molar-refractivity contribution in [2.45, 2.75) is 51.5 Å². The number of non-ortho nitro benzene ring substituents is 1. The topological polar surface area (TPSA) is 113 Å². The number of aromatic nitrogens is 1. The summed E-state index contributed by atoms with van der Waals surface area (Å²) in [5.41, 5.74) is 0.774. The molecule has 0 bridgehead atoms. The van der Waals surface area contributed by atoms with Crippen LogP contribution < -0.4 is 5.32 Å². The van der Waals surface area contributed by atoms with E-state index in [0.29, 0.717) is 5.39 Å². The number of esters is 1. The monoisotopic (exact) mass is 403 g/mol. The molecule has 1 N–H and O–H groups in total. The van der Waals surface area contributed by atoms with Crippen LogP contribution in [0.4, 0.5) is 5.69 Å². The van der Waals surface area contributed by atoms with Crippen LogP contribution in [-0.2, 0) is 19.1 Å². The SMILES string of the molecule is CC[C@H]1O[C@@H](n2ccc3cc([N+](=O)[O-])ccc32)[C@@H](OC(=O)CCC(=O)NC)C1C. The minimum atomic E-state index is -0.544. The lowest BCUT2D eigenvalue weighted by atomic mass is 9.98. The molecule has 0 spiro atoms. The number of benzene rings is 1. The Hall–Kier alpha value is -2.94. The van der Waals surface area contributed by atoms with Gasteiger partial charge in [0.15, 0.2) is 12.3 Å². The van der Waals surface area contributed by atoms with Crippen LogP contribution >= 0.6 is 0 Å². The van der Waals surface area contributed by atoms with E-state index in [9.17, 15) is 19.7 Å². The minimum Gasteiger partial charge on any atom is -0.457 e. The zero-order valence-corrected chi connectivity index (χ0v) is 16.7. The molecule has 1 saturated heterocycles. The van der Waals surface area contributed by atoms with Crippen molar-refractivity contribution in [1.29, 1.82) is 0 Å². The highest BCUT2D eigenvalue weighted by atomic mass is 16.6. The van der Waals surface area contributed by atoms with E-state index in [0.717, 1.165) is 11.9 Å². The van der Waals surface area contributed by atoms with Crippen molar-refractivity contribution in [1.82, 2.24) is 9.88 Å². The van der Waals surface area contributed by atoms with Gasteiger partial charge in [-0.25, -0.2) is 0 Å². The summed E-state index contributed by atoms with van der Waals surface area (Å²) in [5, 5.41) is 14.2. The van der Waals surface area contributed by atoms with Crippen molar-refractivity contribution < 1.29 is 24.0 Å². The third-order valence-corrected chi connectivity index (χ3v) is 5.39. The highest BCUT2D eigenvalue weighted by molar-refractivity contribution is 5.83. The van der Waals surface area contributed by atoms with Crippen LogP contribution in [0.1, 0.15) is 39.3 Å².